The number of carbonyl (C=O) groups excluding carboxylic acids is 2. The number of carbonyl (C=O) groups is 2. The fourth-order valence-corrected chi connectivity index (χ4v) is 1.73. The molecule has 0 aromatic heterocycles. The third kappa shape index (κ3) is 12.3. The summed E-state index contributed by atoms with van der Waals surface area (Å²) in [7, 11) is 0. The third-order valence-corrected chi connectivity index (χ3v) is 3.52. The molecule has 0 bridgehead atoms. The van der Waals surface area contributed by atoms with Crippen molar-refractivity contribution < 1.29 is 29.1 Å². The van der Waals surface area contributed by atoms with Crippen molar-refractivity contribution >= 4 is 11.9 Å². The molecule has 0 amide bonds. The molecule has 142 valence electrons. The molecule has 0 saturated carbocycles. The van der Waals surface area contributed by atoms with Gasteiger partial charge in [0.15, 0.2) is 0 Å². The monoisotopic (exact) mass is 346 g/mol. The highest BCUT2D eigenvalue weighted by Gasteiger charge is 2.29. The van der Waals surface area contributed by atoms with Gasteiger partial charge in [0.25, 0.3) is 0 Å². The van der Waals surface area contributed by atoms with Gasteiger partial charge in [-0.2, -0.15) is 9.78 Å². The Balaban J connectivity index is 4.12. The van der Waals surface area contributed by atoms with E-state index in [1.807, 2.05) is 41.5 Å². The number of unbranched alkanes of at least 4 members (excludes halogenated alkanes) is 2. The quantitative estimate of drug-likeness (QED) is 0.357. The summed E-state index contributed by atoms with van der Waals surface area (Å²) >= 11 is 0. The topological polar surface area (TPSA) is 71.1 Å². The lowest BCUT2D eigenvalue weighted by Crippen LogP contribution is -2.32. The molecule has 0 unspecified atom stereocenters. The highest BCUT2D eigenvalue weighted by atomic mass is 17.2. The molecular weight excluding hydrogens is 312 g/mol. The van der Waals surface area contributed by atoms with Crippen molar-refractivity contribution in [3.63, 3.8) is 0 Å². The number of hydrogen-bond acceptors (Lipinski definition) is 6. The van der Waals surface area contributed by atoms with Crippen molar-refractivity contribution in [2.45, 2.75) is 104 Å². The van der Waals surface area contributed by atoms with E-state index in [1.54, 1.807) is 0 Å². The second kappa shape index (κ2) is 11.4. The molecule has 0 atom stereocenters. The van der Waals surface area contributed by atoms with Crippen LogP contribution in [-0.4, -0.2) is 23.1 Å². The molecule has 0 aliphatic rings. The van der Waals surface area contributed by atoms with Crippen LogP contribution in [0.25, 0.3) is 0 Å². The Morgan fingerprint density at radius 2 is 1.04 bits per heavy atom. The lowest BCUT2D eigenvalue weighted by molar-refractivity contribution is -0.340. The molecule has 0 spiro atoms. The zero-order chi connectivity index (χ0) is 18.6. The van der Waals surface area contributed by atoms with Crippen LogP contribution in [0.3, 0.4) is 0 Å². The Morgan fingerprint density at radius 3 is 1.33 bits per heavy atom. The molecule has 0 aliphatic carbocycles. The maximum Gasteiger partial charge on any atom is 0.342 e. The van der Waals surface area contributed by atoms with Gasteiger partial charge in [-0.3, -0.25) is 9.78 Å². The van der Waals surface area contributed by atoms with E-state index in [4.69, 9.17) is 19.6 Å². The molecule has 0 saturated heterocycles. The molecule has 6 heteroatoms. The van der Waals surface area contributed by atoms with Gasteiger partial charge in [-0.15, -0.1) is 0 Å². The van der Waals surface area contributed by atoms with E-state index in [9.17, 15) is 9.59 Å². The summed E-state index contributed by atoms with van der Waals surface area (Å²) in [4.78, 5) is 43.2. The van der Waals surface area contributed by atoms with E-state index >= 15 is 0 Å². The fourth-order valence-electron chi connectivity index (χ4n) is 1.73. The molecule has 0 N–H and O–H groups in total. The van der Waals surface area contributed by atoms with Gasteiger partial charge < -0.3 is 0 Å². The van der Waals surface area contributed by atoms with Gasteiger partial charge in [0.05, 0.1) is 0 Å². The van der Waals surface area contributed by atoms with Gasteiger partial charge in [0.2, 0.25) is 0 Å². The fraction of sp³-hybridized carbons (Fsp3) is 0.889. The van der Waals surface area contributed by atoms with Crippen molar-refractivity contribution in [3.8, 4) is 0 Å². The van der Waals surface area contributed by atoms with Crippen molar-refractivity contribution in [3.05, 3.63) is 0 Å². The zero-order valence-corrected chi connectivity index (χ0v) is 16.1. The lowest BCUT2D eigenvalue weighted by Gasteiger charge is -2.28. The Bertz CT molecular complexity index is 340. The molecule has 0 aromatic carbocycles. The molecule has 24 heavy (non-hydrogen) atoms. The van der Waals surface area contributed by atoms with Gasteiger partial charge in [-0.05, 0) is 53.4 Å². The predicted molar refractivity (Wildman–Crippen MR) is 90.8 cm³/mol. The highest BCUT2D eigenvalue weighted by molar-refractivity contribution is 5.68. The summed E-state index contributed by atoms with van der Waals surface area (Å²) in [5.41, 5.74) is -1.29. The first-order chi connectivity index (χ1) is 11.1. The Labute approximate surface area is 146 Å². The van der Waals surface area contributed by atoms with Crippen LogP contribution < -0.4 is 0 Å². The van der Waals surface area contributed by atoms with Crippen LogP contribution in [0, 0.1) is 0 Å². The van der Waals surface area contributed by atoms with Gasteiger partial charge in [0.1, 0.15) is 11.2 Å². The normalized spacial score (nSPS) is 12.1. The Kier molecular flexibility index (Phi) is 10.9. The van der Waals surface area contributed by atoms with E-state index in [2.05, 4.69) is 0 Å². The maximum absolute atomic E-state index is 11.5. The average Bonchev–Trinajstić information content (AvgIpc) is 2.53. The van der Waals surface area contributed by atoms with Gasteiger partial charge in [-0.25, -0.2) is 9.59 Å². The van der Waals surface area contributed by atoms with Crippen molar-refractivity contribution in [1.82, 2.24) is 0 Å². The van der Waals surface area contributed by atoms with E-state index in [0.29, 0.717) is 25.7 Å². The van der Waals surface area contributed by atoms with Crippen LogP contribution in [-0.2, 0) is 29.1 Å². The Morgan fingerprint density at radius 1 is 0.708 bits per heavy atom. The summed E-state index contributed by atoms with van der Waals surface area (Å²) in [5, 5.41) is 0. The van der Waals surface area contributed by atoms with Crippen LogP contribution in [0.4, 0.5) is 0 Å². The summed E-state index contributed by atoms with van der Waals surface area (Å²) in [6.45, 7) is 11.4. The van der Waals surface area contributed by atoms with Gasteiger partial charge in [-0.1, -0.05) is 26.7 Å². The summed E-state index contributed by atoms with van der Waals surface area (Å²) in [6.07, 6.45) is 5.30. The minimum Gasteiger partial charge on any atom is -0.298 e. The summed E-state index contributed by atoms with van der Waals surface area (Å²) < 4.78 is 0. The molecule has 0 heterocycles. The number of rotatable bonds is 13. The standard InChI is InChI=1S/C18H34O6/c1-7-9-11-15(19)21-23-17(3,4)13-14-18(5,6)24-22-16(20)12-10-8-2/h7-14H2,1-6H3. The number of hydrogen-bond donors (Lipinski definition) is 0. The van der Waals surface area contributed by atoms with Crippen LogP contribution in [0.5, 0.6) is 0 Å². The SMILES string of the molecule is CCCCC(=O)OOC(C)(C)CCC(C)(C)OOC(=O)CCCC. The molecule has 0 aliphatic heterocycles. The first-order valence-electron chi connectivity index (χ1n) is 8.89. The first kappa shape index (κ1) is 22.9. The van der Waals surface area contributed by atoms with E-state index in [-0.39, 0.29) is 11.9 Å². The third-order valence-electron chi connectivity index (χ3n) is 3.52. The first-order valence-corrected chi connectivity index (χ1v) is 8.89. The second-order valence-corrected chi connectivity index (χ2v) is 7.30. The minimum atomic E-state index is -0.644. The van der Waals surface area contributed by atoms with Gasteiger partial charge >= 0.3 is 11.9 Å². The Hall–Kier alpha value is -1.14. The van der Waals surface area contributed by atoms with Gasteiger partial charge in [0, 0.05) is 12.8 Å². The van der Waals surface area contributed by atoms with E-state index in [1.165, 1.54) is 0 Å². The maximum atomic E-state index is 11.5. The smallest absolute Gasteiger partial charge is 0.298 e. The average molecular weight is 346 g/mol. The molecule has 0 radical (unpaired) electrons. The van der Waals surface area contributed by atoms with Crippen LogP contribution in [0.1, 0.15) is 92.9 Å². The summed E-state index contributed by atoms with van der Waals surface area (Å²) in [6, 6.07) is 0. The van der Waals surface area contributed by atoms with E-state index < -0.39 is 11.2 Å². The van der Waals surface area contributed by atoms with Crippen LogP contribution >= 0.6 is 0 Å². The van der Waals surface area contributed by atoms with Crippen molar-refractivity contribution in [1.29, 1.82) is 0 Å². The van der Waals surface area contributed by atoms with Crippen LogP contribution in [0.15, 0.2) is 0 Å². The van der Waals surface area contributed by atoms with Crippen LogP contribution in [0.2, 0.25) is 0 Å². The largest absolute Gasteiger partial charge is 0.342 e. The highest BCUT2D eigenvalue weighted by Crippen LogP contribution is 2.25. The molecule has 0 rings (SSSR count). The molecular formula is C18H34O6. The summed E-state index contributed by atoms with van der Waals surface area (Å²) in [5.74, 6) is -0.712. The predicted octanol–water partition coefficient (Wildman–Crippen LogP) is 4.65. The second-order valence-electron chi connectivity index (χ2n) is 7.30. The molecule has 0 aromatic rings. The molecule has 0 fully saturated rings. The minimum absolute atomic E-state index is 0.356. The zero-order valence-electron chi connectivity index (χ0n) is 16.1. The van der Waals surface area contributed by atoms with E-state index in [0.717, 1.165) is 25.7 Å². The lowest BCUT2D eigenvalue weighted by atomic mass is 9.94. The van der Waals surface area contributed by atoms with Crippen molar-refractivity contribution in [2.75, 3.05) is 0 Å². The van der Waals surface area contributed by atoms with Crippen molar-refractivity contribution in [2.24, 2.45) is 0 Å². The molecule has 6 nitrogen and oxygen atoms in total.